The second-order valence-corrected chi connectivity index (χ2v) is 4.26. The van der Waals surface area contributed by atoms with Gasteiger partial charge in [0.25, 0.3) is 5.69 Å². The maximum atomic E-state index is 10.6. The third kappa shape index (κ3) is 3.01. The number of rotatable bonds is 3. The van der Waals surface area contributed by atoms with Gasteiger partial charge in [0.15, 0.2) is 0 Å². The van der Waals surface area contributed by atoms with E-state index in [0.29, 0.717) is 0 Å². The van der Waals surface area contributed by atoms with Crippen molar-refractivity contribution >= 4 is 5.69 Å². The molecule has 1 aromatic carbocycles. The molecule has 0 spiro atoms. The van der Waals surface area contributed by atoms with Crippen LogP contribution in [0.4, 0.5) is 5.69 Å². The third-order valence-corrected chi connectivity index (χ3v) is 3.03. The van der Waals surface area contributed by atoms with Gasteiger partial charge < -0.3 is 4.74 Å². The molecule has 0 N–H and O–H groups in total. The van der Waals surface area contributed by atoms with Crippen LogP contribution in [0.1, 0.15) is 11.1 Å². The Balaban J connectivity index is 2.08. The largest absolute Gasteiger partial charge is 0.379 e. The van der Waals surface area contributed by atoms with Gasteiger partial charge in [-0.25, -0.2) is 0 Å². The Hall–Kier alpha value is -1.46. The van der Waals surface area contributed by atoms with Gasteiger partial charge in [-0.05, 0) is 18.1 Å². The van der Waals surface area contributed by atoms with E-state index in [4.69, 9.17) is 4.74 Å². The molecule has 92 valence electrons. The molecule has 5 nitrogen and oxygen atoms in total. The average Bonchev–Trinajstić information content (AvgIpc) is 2.33. The van der Waals surface area contributed by atoms with Crippen molar-refractivity contribution < 1.29 is 9.66 Å². The second kappa shape index (κ2) is 5.25. The van der Waals surface area contributed by atoms with Gasteiger partial charge in [0.1, 0.15) is 0 Å². The Labute approximate surface area is 100 Å². The van der Waals surface area contributed by atoms with Gasteiger partial charge in [-0.3, -0.25) is 15.0 Å². The molecule has 2 rings (SSSR count). The summed E-state index contributed by atoms with van der Waals surface area (Å²) in [6.07, 6.45) is 0. The number of aryl methyl sites for hydroxylation is 1. The van der Waals surface area contributed by atoms with Crippen LogP contribution in [-0.4, -0.2) is 36.1 Å². The molecule has 1 aliphatic heterocycles. The smallest absolute Gasteiger partial charge is 0.269 e. The molecule has 1 saturated heterocycles. The molecule has 0 radical (unpaired) electrons. The molecular formula is C12H16N2O3. The first kappa shape index (κ1) is 12.0. The summed E-state index contributed by atoms with van der Waals surface area (Å²) >= 11 is 0. The van der Waals surface area contributed by atoms with Crippen molar-refractivity contribution in [3.63, 3.8) is 0 Å². The monoisotopic (exact) mass is 236 g/mol. The lowest BCUT2D eigenvalue weighted by atomic mass is 10.1. The lowest BCUT2D eigenvalue weighted by Crippen LogP contribution is -2.35. The minimum Gasteiger partial charge on any atom is -0.379 e. The SMILES string of the molecule is Cc1cc([N+](=O)[O-])ccc1CN1CCOCC1. The third-order valence-electron chi connectivity index (χ3n) is 3.03. The van der Waals surface area contributed by atoms with Crippen LogP contribution < -0.4 is 0 Å². The van der Waals surface area contributed by atoms with Crippen molar-refractivity contribution in [2.45, 2.75) is 13.5 Å². The highest BCUT2D eigenvalue weighted by Gasteiger charge is 2.13. The number of nitro groups is 1. The number of hydrogen-bond donors (Lipinski definition) is 0. The molecule has 1 fully saturated rings. The molecule has 17 heavy (non-hydrogen) atoms. The Bertz CT molecular complexity index is 414. The Morgan fingerprint density at radius 3 is 2.71 bits per heavy atom. The van der Waals surface area contributed by atoms with Crippen molar-refractivity contribution in [2.24, 2.45) is 0 Å². The maximum Gasteiger partial charge on any atom is 0.269 e. The Morgan fingerprint density at radius 2 is 2.12 bits per heavy atom. The Kier molecular flexibility index (Phi) is 3.71. The van der Waals surface area contributed by atoms with Crippen LogP contribution in [0.2, 0.25) is 0 Å². The molecule has 5 heteroatoms. The molecule has 1 aliphatic rings. The van der Waals surface area contributed by atoms with Crippen LogP contribution in [-0.2, 0) is 11.3 Å². The van der Waals surface area contributed by atoms with E-state index in [2.05, 4.69) is 4.90 Å². The van der Waals surface area contributed by atoms with E-state index in [1.54, 1.807) is 12.1 Å². The van der Waals surface area contributed by atoms with Crippen molar-refractivity contribution in [1.82, 2.24) is 4.90 Å². The molecule has 1 heterocycles. The van der Waals surface area contributed by atoms with Gasteiger partial charge in [-0.15, -0.1) is 0 Å². The fourth-order valence-electron chi connectivity index (χ4n) is 1.97. The summed E-state index contributed by atoms with van der Waals surface area (Å²) in [5.41, 5.74) is 2.29. The fraction of sp³-hybridized carbons (Fsp3) is 0.500. The van der Waals surface area contributed by atoms with E-state index in [1.165, 1.54) is 0 Å². The van der Waals surface area contributed by atoms with Gasteiger partial charge in [0.05, 0.1) is 18.1 Å². The number of nitro benzene ring substituents is 1. The number of benzene rings is 1. The number of morpholine rings is 1. The fourth-order valence-corrected chi connectivity index (χ4v) is 1.97. The van der Waals surface area contributed by atoms with Gasteiger partial charge in [-0.2, -0.15) is 0 Å². The van der Waals surface area contributed by atoms with E-state index >= 15 is 0 Å². The summed E-state index contributed by atoms with van der Waals surface area (Å²) < 4.78 is 5.29. The first-order valence-corrected chi connectivity index (χ1v) is 5.71. The minimum absolute atomic E-state index is 0.160. The summed E-state index contributed by atoms with van der Waals surface area (Å²) in [6, 6.07) is 5.06. The minimum atomic E-state index is -0.356. The van der Waals surface area contributed by atoms with E-state index in [1.807, 2.05) is 13.0 Å². The van der Waals surface area contributed by atoms with Crippen molar-refractivity contribution in [3.8, 4) is 0 Å². The summed E-state index contributed by atoms with van der Waals surface area (Å²) in [5, 5.41) is 10.6. The summed E-state index contributed by atoms with van der Waals surface area (Å²) in [7, 11) is 0. The van der Waals surface area contributed by atoms with Crippen LogP contribution in [0, 0.1) is 17.0 Å². The molecule has 0 amide bonds. The molecule has 0 atom stereocenters. The van der Waals surface area contributed by atoms with Crippen LogP contribution in [0.25, 0.3) is 0 Å². The molecular weight excluding hydrogens is 220 g/mol. The van der Waals surface area contributed by atoms with Crippen LogP contribution in [0.15, 0.2) is 18.2 Å². The van der Waals surface area contributed by atoms with E-state index in [-0.39, 0.29) is 10.6 Å². The molecule has 1 aromatic rings. The molecule has 0 saturated carbocycles. The summed E-state index contributed by atoms with van der Waals surface area (Å²) in [5.74, 6) is 0. The van der Waals surface area contributed by atoms with Gasteiger partial charge in [0.2, 0.25) is 0 Å². The van der Waals surface area contributed by atoms with E-state index < -0.39 is 0 Å². The Morgan fingerprint density at radius 1 is 1.41 bits per heavy atom. The predicted molar refractivity (Wildman–Crippen MR) is 63.9 cm³/mol. The highest BCUT2D eigenvalue weighted by molar-refractivity contribution is 5.39. The van der Waals surface area contributed by atoms with Crippen molar-refractivity contribution in [3.05, 3.63) is 39.4 Å². The second-order valence-electron chi connectivity index (χ2n) is 4.26. The lowest BCUT2D eigenvalue weighted by Gasteiger charge is -2.27. The van der Waals surface area contributed by atoms with Crippen LogP contribution >= 0.6 is 0 Å². The number of ether oxygens (including phenoxy) is 1. The zero-order chi connectivity index (χ0) is 12.3. The zero-order valence-corrected chi connectivity index (χ0v) is 9.89. The van der Waals surface area contributed by atoms with Gasteiger partial charge >= 0.3 is 0 Å². The van der Waals surface area contributed by atoms with E-state index in [9.17, 15) is 10.1 Å². The van der Waals surface area contributed by atoms with Gasteiger partial charge in [0, 0.05) is 31.8 Å². The topological polar surface area (TPSA) is 55.6 Å². The van der Waals surface area contributed by atoms with Crippen molar-refractivity contribution in [2.75, 3.05) is 26.3 Å². The first-order valence-electron chi connectivity index (χ1n) is 5.71. The predicted octanol–water partition coefficient (Wildman–Crippen LogP) is 1.74. The summed E-state index contributed by atoms with van der Waals surface area (Å²) in [6.45, 7) is 6.15. The van der Waals surface area contributed by atoms with E-state index in [0.717, 1.165) is 44.0 Å². The van der Waals surface area contributed by atoms with Gasteiger partial charge in [-0.1, -0.05) is 6.07 Å². The summed E-state index contributed by atoms with van der Waals surface area (Å²) in [4.78, 5) is 12.6. The molecule has 0 bridgehead atoms. The normalized spacial score (nSPS) is 17.0. The highest BCUT2D eigenvalue weighted by Crippen LogP contribution is 2.18. The highest BCUT2D eigenvalue weighted by atomic mass is 16.6. The standard InChI is InChI=1S/C12H16N2O3/c1-10-8-12(14(15)16)3-2-11(10)9-13-4-6-17-7-5-13/h2-3,8H,4-7,9H2,1H3. The van der Waals surface area contributed by atoms with Crippen LogP contribution in [0.3, 0.4) is 0 Å². The number of nitrogens with zero attached hydrogens (tertiary/aromatic N) is 2. The molecule has 0 unspecified atom stereocenters. The van der Waals surface area contributed by atoms with Crippen LogP contribution in [0.5, 0.6) is 0 Å². The van der Waals surface area contributed by atoms with Crippen molar-refractivity contribution in [1.29, 1.82) is 0 Å². The zero-order valence-electron chi connectivity index (χ0n) is 9.89. The number of hydrogen-bond acceptors (Lipinski definition) is 4. The first-order chi connectivity index (χ1) is 8.16. The quantitative estimate of drug-likeness (QED) is 0.592. The maximum absolute atomic E-state index is 10.6. The lowest BCUT2D eigenvalue weighted by molar-refractivity contribution is -0.384. The average molecular weight is 236 g/mol. The molecule has 0 aromatic heterocycles. The molecule has 0 aliphatic carbocycles. The number of non-ortho nitro benzene ring substituents is 1.